The van der Waals surface area contributed by atoms with Crippen LogP contribution in [0.4, 0.5) is 0 Å². The summed E-state index contributed by atoms with van der Waals surface area (Å²) in [7, 11) is 3.98. The molecule has 1 unspecified atom stereocenters. The van der Waals surface area contributed by atoms with Crippen LogP contribution in [0.1, 0.15) is 26.8 Å². The van der Waals surface area contributed by atoms with Crippen molar-refractivity contribution in [3.05, 3.63) is 39.8 Å². The molecule has 0 spiro atoms. The van der Waals surface area contributed by atoms with Crippen LogP contribution in [0.3, 0.4) is 0 Å². The third-order valence-electron chi connectivity index (χ3n) is 3.38. The van der Waals surface area contributed by atoms with Crippen molar-refractivity contribution in [3.63, 3.8) is 0 Å². The molecule has 2 N–H and O–H groups in total. The number of aromatic nitrogens is 2. The Morgan fingerprint density at radius 3 is 2.91 bits per heavy atom. The van der Waals surface area contributed by atoms with Crippen molar-refractivity contribution >= 4 is 17.2 Å². The van der Waals surface area contributed by atoms with Gasteiger partial charge >= 0.3 is 0 Å². The van der Waals surface area contributed by atoms with Gasteiger partial charge in [-0.25, -0.2) is 0 Å². The molecule has 0 aliphatic rings. The first-order valence-corrected chi connectivity index (χ1v) is 8.02. The summed E-state index contributed by atoms with van der Waals surface area (Å²) in [6.45, 7) is 3.44. The van der Waals surface area contributed by atoms with E-state index in [9.17, 15) is 9.90 Å². The molecule has 2 aromatic heterocycles. The first-order valence-electron chi connectivity index (χ1n) is 7.14. The fourth-order valence-electron chi connectivity index (χ4n) is 2.08. The topological polar surface area (TPSA) is 70.4 Å². The Morgan fingerprint density at radius 1 is 1.55 bits per heavy atom. The molecule has 0 bridgehead atoms. The Hall–Kier alpha value is -1.70. The smallest absolute Gasteiger partial charge is 0.255 e. The number of hydrogen-bond donors (Lipinski definition) is 2. The molecule has 1 amide bonds. The van der Waals surface area contributed by atoms with Crippen molar-refractivity contribution < 1.29 is 9.90 Å². The number of aliphatic hydroxyl groups is 1. The van der Waals surface area contributed by atoms with Gasteiger partial charge in [-0.3, -0.25) is 9.48 Å². The number of amides is 1. The van der Waals surface area contributed by atoms with Gasteiger partial charge in [-0.15, -0.1) is 11.3 Å². The average Bonchev–Trinajstić information content (AvgIpc) is 3.11. The highest BCUT2D eigenvalue weighted by molar-refractivity contribution is 7.10. The van der Waals surface area contributed by atoms with Crippen LogP contribution in [0.15, 0.2) is 23.8 Å². The second-order valence-corrected chi connectivity index (χ2v) is 6.42. The Morgan fingerprint density at radius 2 is 2.32 bits per heavy atom. The van der Waals surface area contributed by atoms with E-state index in [1.807, 2.05) is 32.5 Å². The van der Waals surface area contributed by atoms with Crippen LogP contribution in [-0.2, 0) is 6.54 Å². The third kappa shape index (κ3) is 4.16. The number of nitrogens with one attached hydrogen (secondary N) is 1. The van der Waals surface area contributed by atoms with Gasteiger partial charge < -0.3 is 15.3 Å². The van der Waals surface area contributed by atoms with Gasteiger partial charge in [0.1, 0.15) is 0 Å². The molecule has 2 heterocycles. The lowest BCUT2D eigenvalue weighted by molar-refractivity contribution is 0.0917. The summed E-state index contributed by atoms with van der Waals surface area (Å²) in [5.41, 5.74) is 1.58. The fraction of sp³-hybridized carbons (Fsp3) is 0.467. The minimum atomic E-state index is -0.377. The van der Waals surface area contributed by atoms with E-state index in [0.29, 0.717) is 5.56 Å². The molecule has 2 rings (SSSR count). The van der Waals surface area contributed by atoms with Gasteiger partial charge in [0.25, 0.3) is 5.91 Å². The number of rotatable bonds is 7. The summed E-state index contributed by atoms with van der Waals surface area (Å²) >= 11 is 1.53. The highest BCUT2D eigenvalue weighted by Crippen LogP contribution is 2.23. The number of nitrogens with zero attached hydrogens (tertiary/aromatic N) is 3. The molecule has 0 aromatic carbocycles. The van der Waals surface area contributed by atoms with Gasteiger partial charge in [-0.1, -0.05) is 0 Å². The van der Waals surface area contributed by atoms with Gasteiger partial charge in [-0.05, 0) is 38.0 Å². The number of thiophene rings is 1. The zero-order chi connectivity index (χ0) is 16.1. The molecule has 0 radical (unpaired) electrons. The van der Waals surface area contributed by atoms with Crippen LogP contribution in [0.5, 0.6) is 0 Å². The monoisotopic (exact) mass is 322 g/mol. The van der Waals surface area contributed by atoms with Gasteiger partial charge in [0.15, 0.2) is 0 Å². The Balaban J connectivity index is 2.00. The van der Waals surface area contributed by atoms with Crippen molar-refractivity contribution in [3.8, 4) is 0 Å². The molecule has 22 heavy (non-hydrogen) atoms. The van der Waals surface area contributed by atoms with E-state index in [0.717, 1.165) is 23.5 Å². The maximum absolute atomic E-state index is 12.3. The number of aryl methyl sites for hydroxylation is 1. The normalized spacial score (nSPS) is 12.6. The Kier molecular flexibility index (Phi) is 5.70. The summed E-state index contributed by atoms with van der Waals surface area (Å²) in [5.74, 6) is -0.219. The molecule has 0 saturated carbocycles. The van der Waals surface area contributed by atoms with Gasteiger partial charge in [0.05, 0.1) is 31.0 Å². The molecule has 1 atom stereocenters. The summed E-state index contributed by atoms with van der Waals surface area (Å²) in [6.07, 6.45) is 3.29. The number of likely N-dealkylation sites (N-methyl/N-ethyl adjacent to an activating group) is 1. The second-order valence-electron chi connectivity index (χ2n) is 5.47. The molecular weight excluding hydrogens is 300 g/mol. The lowest BCUT2D eigenvalue weighted by atomic mass is 10.1. The number of carbonyl (C=O) groups is 1. The van der Waals surface area contributed by atoms with E-state index in [4.69, 9.17) is 0 Å². The highest BCUT2D eigenvalue weighted by atomic mass is 32.1. The summed E-state index contributed by atoms with van der Waals surface area (Å²) in [4.78, 5) is 15.3. The molecule has 120 valence electrons. The van der Waals surface area contributed by atoms with Crippen LogP contribution in [0.2, 0.25) is 0 Å². The molecule has 6 nitrogen and oxygen atoms in total. The van der Waals surface area contributed by atoms with E-state index >= 15 is 0 Å². The first-order chi connectivity index (χ1) is 10.5. The molecular formula is C15H22N4O2S. The minimum Gasteiger partial charge on any atom is -0.394 e. The molecule has 0 aliphatic carbocycles. The lowest BCUT2D eigenvalue weighted by Crippen LogP contribution is -2.30. The average molecular weight is 322 g/mol. The maximum Gasteiger partial charge on any atom is 0.255 e. The van der Waals surface area contributed by atoms with Crippen molar-refractivity contribution in [1.82, 2.24) is 20.0 Å². The van der Waals surface area contributed by atoms with Gasteiger partial charge in [0.2, 0.25) is 0 Å². The molecule has 7 heteroatoms. The first kappa shape index (κ1) is 16.7. The van der Waals surface area contributed by atoms with E-state index in [-0.39, 0.29) is 18.6 Å². The summed E-state index contributed by atoms with van der Waals surface area (Å²) in [5, 5.41) is 18.5. The number of aliphatic hydroxyl groups excluding tert-OH is 1. The van der Waals surface area contributed by atoms with Crippen molar-refractivity contribution in [1.29, 1.82) is 0 Å². The van der Waals surface area contributed by atoms with Crippen LogP contribution < -0.4 is 5.32 Å². The molecule has 0 saturated heterocycles. The Bertz CT molecular complexity index is 621. The van der Waals surface area contributed by atoms with Crippen molar-refractivity contribution in [2.75, 3.05) is 27.2 Å². The SMILES string of the molecule is Cc1ccsc1C(CO)NC(=O)c1cnn(CCN(C)C)c1. The summed E-state index contributed by atoms with van der Waals surface area (Å²) in [6, 6.07) is 1.60. The van der Waals surface area contributed by atoms with Crippen molar-refractivity contribution in [2.45, 2.75) is 19.5 Å². The number of hydrogen-bond acceptors (Lipinski definition) is 5. The van der Waals surface area contributed by atoms with E-state index in [2.05, 4.69) is 15.3 Å². The third-order valence-corrected chi connectivity index (χ3v) is 4.51. The Labute approximate surface area is 134 Å². The van der Waals surface area contributed by atoms with Crippen LogP contribution in [0.25, 0.3) is 0 Å². The summed E-state index contributed by atoms with van der Waals surface area (Å²) < 4.78 is 1.75. The van der Waals surface area contributed by atoms with Gasteiger partial charge in [-0.2, -0.15) is 5.10 Å². The van der Waals surface area contributed by atoms with E-state index < -0.39 is 0 Å². The van der Waals surface area contributed by atoms with Crippen LogP contribution in [0, 0.1) is 6.92 Å². The maximum atomic E-state index is 12.3. The van der Waals surface area contributed by atoms with E-state index in [1.54, 1.807) is 17.1 Å². The van der Waals surface area contributed by atoms with Crippen LogP contribution in [-0.4, -0.2) is 52.9 Å². The largest absolute Gasteiger partial charge is 0.394 e. The van der Waals surface area contributed by atoms with Crippen molar-refractivity contribution in [2.24, 2.45) is 0 Å². The quantitative estimate of drug-likeness (QED) is 0.805. The molecule has 0 aliphatic heterocycles. The highest BCUT2D eigenvalue weighted by Gasteiger charge is 2.18. The van der Waals surface area contributed by atoms with Gasteiger partial charge in [0, 0.05) is 17.6 Å². The standard InChI is InChI=1S/C15H22N4O2S/c1-11-4-7-22-14(11)13(10-20)17-15(21)12-8-16-19(9-12)6-5-18(2)3/h4,7-9,13,20H,5-6,10H2,1-3H3,(H,17,21). The second kappa shape index (κ2) is 7.53. The minimum absolute atomic E-state index is 0.123. The molecule has 2 aromatic rings. The van der Waals surface area contributed by atoms with Crippen LogP contribution >= 0.6 is 11.3 Å². The number of carbonyl (C=O) groups excluding carboxylic acids is 1. The lowest BCUT2D eigenvalue weighted by Gasteiger charge is -2.15. The van der Waals surface area contributed by atoms with E-state index in [1.165, 1.54) is 11.3 Å². The fourth-order valence-corrected chi connectivity index (χ4v) is 3.05. The predicted octanol–water partition coefficient (Wildman–Crippen LogP) is 1.28. The zero-order valence-electron chi connectivity index (χ0n) is 13.1. The molecule has 0 fully saturated rings. The zero-order valence-corrected chi connectivity index (χ0v) is 13.9. The predicted molar refractivity (Wildman–Crippen MR) is 87.1 cm³/mol.